The van der Waals surface area contributed by atoms with Gasteiger partial charge in [-0.05, 0) is 43.7 Å². The Labute approximate surface area is 108 Å². The largest absolute Gasteiger partial charge is 0.330 e. The predicted octanol–water partition coefficient (Wildman–Crippen LogP) is 3.26. The van der Waals surface area contributed by atoms with Gasteiger partial charge in [0, 0.05) is 12.6 Å². The van der Waals surface area contributed by atoms with Crippen LogP contribution in [0.5, 0.6) is 0 Å². The molecule has 1 aliphatic carbocycles. The van der Waals surface area contributed by atoms with Crippen molar-refractivity contribution in [2.45, 2.75) is 65.8 Å². The minimum atomic E-state index is 0.260. The van der Waals surface area contributed by atoms with E-state index in [2.05, 4.69) is 32.6 Å². The molecule has 0 heterocycles. The zero-order valence-electron chi connectivity index (χ0n) is 12.3. The van der Waals surface area contributed by atoms with Gasteiger partial charge in [0.2, 0.25) is 0 Å². The van der Waals surface area contributed by atoms with Crippen LogP contribution in [0.15, 0.2) is 0 Å². The minimum absolute atomic E-state index is 0.260. The van der Waals surface area contributed by atoms with Crippen molar-refractivity contribution in [2.24, 2.45) is 17.1 Å². The standard InChI is InChI=1S/C15H32N2/c1-5-9-17(12-15(3,4)11-16)14-8-6-7-13(2)10-14/h13-14H,5-12,16H2,1-4H3. The average molecular weight is 240 g/mol. The molecule has 1 fully saturated rings. The number of nitrogens with two attached hydrogens (primary N) is 1. The summed E-state index contributed by atoms with van der Waals surface area (Å²) in [6.07, 6.45) is 6.88. The number of rotatable bonds is 6. The van der Waals surface area contributed by atoms with Crippen molar-refractivity contribution in [3.05, 3.63) is 0 Å². The van der Waals surface area contributed by atoms with Crippen LogP contribution >= 0.6 is 0 Å². The Morgan fingerprint density at radius 2 is 2.00 bits per heavy atom. The number of hydrogen-bond donors (Lipinski definition) is 1. The third-order valence-electron chi connectivity index (χ3n) is 4.12. The minimum Gasteiger partial charge on any atom is -0.330 e. The lowest BCUT2D eigenvalue weighted by Crippen LogP contribution is -2.46. The molecule has 0 radical (unpaired) electrons. The summed E-state index contributed by atoms with van der Waals surface area (Å²) in [5.74, 6) is 0.911. The summed E-state index contributed by atoms with van der Waals surface area (Å²) < 4.78 is 0. The van der Waals surface area contributed by atoms with Crippen LogP contribution in [0.4, 0.5) is 0 Å². The molecule has 2 atom stereocenters. The van der Waals surface area contributed by atoms with E-state index in [0.717, 1.165) is 25.0 Å². The van der Waals surface area contributed by atoms with E-state index >= 15 is 0 Å². The second-order valence-corrected chi connectivity index (χ2v) is 6.76. The molecule has 0 amide bonds. The van der Waals surface area contributed by atoms with Gasteiger partial charge in [0.05, 0.1) is 0 Å². The van der Waals surface area contributed by atoms with Gasteiger partial charge in [-0.25, -0.2) is 0 Å². The van der Waals surface area contributed by atoms with Crippen LogP contribution in [-0.2, 0) is 0 Å². The van der Waals surface area contributed by atoms with Crippen molar-refractivity contribution in [1.82, 2.24) is 4.90 Å². The smallest absolute Gasteiger partial charge is 0.00980 e. The Hall–Kier alpha value is -0.0800. The second kappa shape index (κ2) is 6.75. The van der Waals surface area contributed by atoms with Gasteiger partial charge >= 0.3 is 0 Å². The fraction of sp³-hybridized carbons (Fsp3) is 1.00. The first-order chi connectivity index (χ1) is 7.98. The van der Waals surface area contributed by atoms with Gasteiger partial charge in [0.15, 0.2) is 0 Å². The van der Waals surface area contributed by atoms with Gasteiger partial charge in [0.1, 0.15) is 0 Å². The maximum atomic E-state index is 5.88. The maximum Gasteiger partial charge on any atom is 0.00980 e. The molecule has 0 aromatic rings. The van der Waals surface area contributed by atoms with E-state index in [4.69, 9.17) is 5.73 Å². The van der Waals surface area contributed by atoms with Gasteiger partial charge < -0.3 is 5.73 Å². The van der Waals surface area contributed by atoms with E-state index in [-0.39, 0.29) is 5.41 Å². The Kier molecular flexibility index (Phi) is 5.94. The van der Waals surface area contributed by atoms with Crippen molar-refractivity contribution in [2.75, 3.05) is 19.6 Å². The lowest BCUT2D eigenvalue weighted by atomic mass is 9.84. The highest BCUT2D eigenvalue weighted by atomic mass is 15.2. The quantitative estimate of drug-likeness (QED) is 0.772. The molecule has 0 spiro atoms. The van der Waals surface area contributed by atoms with E-state index in [1.807, 2.05) is 0 Å². The highest BCUT2D eigenvalue weighted by Crippen LogP contribution is 2.29. The molecule has 1 aliphatic rings. The molecule has 0 aromatic heterocycles. The number of hydrogen-bond acceptors (Lipinski definition) is 2. The van der Waals surface area contributed by atoms with E-state index in [1.54, 1.807) is 0 Å². The topological polar surface area (TPSA) is 29.3 Å². The van der Waals surface area contributed by atoms with E-state index in [1.165, 1.54) is 38.6 Å². The van der Waals surface area contributed by atoms with Gasteiger partial charge in [0.25, 0.3) is 0 Å². The first kappa shape index (κ1) is 15.0. The molecule has 2 nitrogen and oxygen atoms in total. The summed E-state index contributed by atoms with van der Waals surface area (Å²) in [7, 11) is 0. The fourth-order valence-corrected chi connectivity index (χ4v) is 3.03. The summed E-state index contributed by atoms with van der Waals surface area (Å²) >= 11 is 0. The van der Waals surface area contributed by atoms with Crippen LogP contribution in [0.3, 0.4) is 0 Å². The zero-order valence-corrected chi connectivity index (χ0v) is 12.3. The first-order valence-electron chi connectivity index (χ1n) is 7.42. The SMILES string of the molecule is CCCN(CC(C)(C)CN)C1CCCC(C)C1. The van der Waals surface area contributed by atoms with Crippen LogP contribution in [0.2, 0.25) is 0 Å². The van der Waals surface area contributed by atoms with E-state index in [0.29, 0.717) is 0 Å². The first-order valence-corrected chi connectivity index (χ1v) is 7.42. The van der Waals surface area contributed by atoms with Crippen molar-refractivity contribution in [3.8, 4) is 0 Å². The van der Waals surface area contributed by atoms with Crippen molar-refractivity contribution < 1.29 is 0 Å². The molecule has 1 rings (SSSR count). The highest BCUT2D eigenvalue weighted by molar-refractivity contribution is 4.83. The molecule has 0 aromatic carbocycles. The average Bonchev–Trinajstić information content (AvgIpc) is 2.28. The normalized spacial score (nSPS) is 26.5. The van der Waals surface area contributed by atoms with Crippen molar-refractivity contribution in [1.29, 1.82) is 0 Å². The van der Waals surface area contributed by atoms with Crippen molar-refractivity contribution >= 4 is 0 Å². The zero-order chi connectivity index (χ0) is 12.9. The maximum absolute atomic E-state index is 5.88. The van der Waals surface area contributed by atoms with E-state index in [9.17, 15) is 0 Å². The van der Waals surface area contributed by atoms with Crippen LogP contribution in [0.1, 0.15) is 59.8 Å². The summed E-state index contributed by atoms with van der Waals surface area (Å²) in [5, 5.41) is 0. The summed E-state index contributed by atoms with van der Waals surface area (Å²) in [6, 6.07) is 0.810. The molecular weight excluding hydrogens is 208 g/mol. The van der Waals surface area contributed by atoms with Crippen LogP contribution in [0.25, 0.3) is 0 Å². The fourth-order valence-electron chi connectivity index (χ4n) is 3.03. The molecule has 0 bridgehead atoms. The Balaban J connectivity index is 2.57. The summed E-state index contributed by atoms with van der Waals surface area (Å²) in [6.45, 7) is 12.5. The molecule has 2 heteroatoms. The number of nitrogens with zero attached hydrogens (tertiary/aromatic N) is 1. The Morgan fingerprint density at radius 3 is 2.53 bits per heavy atom. The van der Waals surface area contributed by atoms with Crippen LogP contribution in [0, 0.1) is 11.3 Å². The van der Waals surface area contributed by atoms with Gasteiger partial charge in [-0.2, -0.15) is 0 Å². The third kappa shape index (κ3) is 4.97. The third-order valence-corrected chi connectivity index (χ3v) is 4.12. The molecule has 17 heavy (non-hydrogen) atoms. The van der Waals surface area contributed by atoms with Crippen LogP contribution < -0.4 is 5.73 Å². The highest BCUT2D eigenvalue weighted by Gasteiger charge is 2.28. The predicted molar refractivity (Wildman–Crippen MR) is 76.1 cm³/mol. The van der Waals surface area contributed by atoms with Gasteiger partial charge in [-0.15, -0.1) is 0 Å². The Morgan fingerprint density at radius 1 is 1.29 bits per heavy atom. The summed E-state index contributed by atoms with van der Waals surface area (Å²) in [5.41, 5.74) is 6.14. The molecule has 2 unspecified atom stereocenters. The molecule has 1 saturated carbocycles. The lowest BCUT2D eigenvalue weighted by Gasteiger charge is -2.40. The van der Waals surface area contributed by atoms with Gasteiger partial charge in [-0.3, -0.25) is 4.90 Å². The second-order valence-electron chi connectivity index (χ2n) is 6.76. The van der Waals surface area contributed by atoms with Gasteiger partial charge in [-0.1, -0.05) is 40.5 Å². The molecular formula is C15H32N2. The Bertz CT molecular complexity index is 213. The summed E-state index contributed by atoms with van der Waals surface area (Å²) in [4.78, 5) is 2.71. The monoisotopic (exact) mass is 240 g/mol. The van der Waals surface area contributed by atoms with E-state index < -0.39 is 0 Å². The van der Waals surface area contributed by atoms with Crippen molar-refractivity contribution in [3.63, 3.8) is 0 Å². The van der Waals surface area contributed by atoms with Crippen LogP contribution in [-0.4, -0.2) is 30.6 Å². The lowest BCUT2D eigenvalue weighted by molar-refractivity contribution is 0.0928. The molecule has 0 saturated heterocycles. The molecule has 2 N–H and O–H groups in total. The molecule has 102 valence electrons. The molecule has 0 aliphatic heterocycles.